The van der Waals surface area contributed by atoms with Gasteiger partial charge in [-0.25, -0.2) is 4.79 Å². The number of benzene rings is 1. The van der Waals surface area contributed by atoms with Gasteiger partial charge >= 0.3 is 6.03 Å². The van der Waals surface area contributed by atoms with E-state index in [9.17, 15) is 14.4 Å². The van der Waals surface area contributed by atoms with Crippen molar-refractivity contribution in [2.24, 2.45) is 5.92 Å². The normalized spacial score (nSPS) is 19.4. The molecule has 148 valence electrons. The molecule has 0 saturated carbocycles. The summed E-state index contributed by atoms with van der Waals surface area (Å²) in [5, 5.41) is 5.90. The average molecular weight is 396 g/mol. The van der Waals surface area contributed by atoms with E-state index in [0.29, 0.717) is 28.8 Å². The highest BCUT2D eigenvalue weighted by Gasteiger charge is 2.47. The fourth-order valence-electron chi connectivity index (χ4n) is 2.90. The third kappa shape index (κ3) is 4.71. The smallest absolute Gasteiger partial charge is 0.325 e. The van der Waals surface area contributed by atoms with E-state index in [1.807, 2.05) is 0 Å². The molecule has 0 unspecified atom stereocenters. The van der Waals surface area contributed by atoms with Gasteiger partial charge in [0.25, 0.3) is 5.91 Å². The minimum atomic E-state index is -0.976. The van der Waals surface area contributed by atoms with Crippen LogP contribution in [0, 0.1) is 12.8 Å². The quantitative estimate of drug-likeness (QED) is 0.693. The molecule has 1 fully saturated rings. The van der Waals surface area contributed by atoms with Crippen molar-refractivity contribution in [2.45, 2.75) is 46.1 Å². The molecule has 0 aliphatic carbocycles. The molecule has 1 aromatic carbocycles. The predicted octanol–water partition coefficient (Wildman–Crippen LogP) is 3.34. The lowest BCUT2D eigenvalue weighted by atomic mass is 9.92. The molecule has 27 heavy (non-hydrogen) atoms. The average Bonchev–Trinajstić information content (AvgIpc) is 2.80. The molecule has 7 nitrogen and oxygen atoms in total. The van der Waals surface area contributed by atoms with E-state index in [0.717, 1.165) is 16.9 Å². The van der Waals surface area contributed by atoms with Gasteiger partial charge in [0.2, 0.25) is 5.91 Å². The highest BCUT2D eigenvalue weighted by Crippen LogP contribution is 2.31. The third-order valence-electron chi connectivity index (χ3n) is 4.62. The Kier molecular flexibility index (Phi) is 6.36. The Labute approximate surface area is 164 Å². The van der Waals surface area contributed by atoms with Crippen LogP contribution in [0.4, 0.5) is 10.5 Å². The molecule has 1 saturated heterocycles. The number of rotatable bonds is 7. The van der Waals surface area contributed by atoms with Gasteiger partial charge in [-0.3, -0.25) is 14.5 Å². The second-order valence-electron chi connectivity index (χ2n) is 7.44. The second kappa shape index (κ2) is 8.17. The summed E-state index contributed by atoms with van der Waals surface area (Å²) in [4.78, 5) is 38.3. The van der Waals surface area contributed by atoms with E-state index >= 15 is 0 Å². The molecule has 1 aromatic rings. The molecular formula is C19H26ClN3O4. The minimum absolute atomic E-state index is 0.368. The first kappa shape index (κ1) is 21.0. The standard InChI is InChI=1S/C19H26ClN3O4/c1-11(2)6-7-19(4)17(25)23(18(26)22-19)10-16(24)21-14-8-12(3)13(20)9-15(14)27-5/h8-9,11H,6-7,10H2,1-5H3,(H,21,24)(H,22,26)/t19-/m0/s1. The van der Waals surface area contributed by atoms with Crippen molar-refractivity contribution < 1.29 is 19.1 Å². The van der Waals surface area contributed by atoms with Gasteiger partial charge in [0.1, 0.15) is 17.8 Å². The van der Waals surface area contributed by atoms with Crippen LogP contribution < -0.4 is 15.4 Å². The largest absolute Gasteiger partial charge is 0.495 e. The molecule has 0 spiro atoms. The first-order valence-corrected chi connectivity index (χ1v) is 9.23. The van der Waals surface area contributed by atoms with Crippen molar-refractivity contribution in [1.29, 1.82) is 0 Å². The van der Waals surface area contributed by atoms with Crippen LogP contribution in [-0.2, 0) is 9.59 Å². The number of ether oxygens (including phenoxy) is 1. The third-order valence-corrected chi connectivity index (χ3v) is 5.03. The number of carbonyl (C=O) groups is 3. The lowest BCUT2D eigenvalue weighted by Gasteiger charge is -2.22. The number of urea groups is 1. The van der Waals surface area contributed by atoms with Crippen molar-refractivity contribution in [3.8, 4) is 5.75 Å². The van der Waals surface area contributed by atoms with Gasteiger partial charge in [0, 0.05) is 11.1 Å². The highest BCUT2D eigenvalue weighted by atomic mass is 35.5. The Morgan fingerprint density at radius 2 is 2.04 bits per heavy atom. The summed E-state index contributed by atoms with van der Waals surface area (Å²) in [5.74, 6) is -0.0726. The van der Waals surface area contributed by atoms with Crippen molar-refractivity contribution >= 4 is 35.1 Å². The SMILES string of the molecule is COc1cc(Cl)c(C)cc1NC(=O)CN1C(=O)N[C@@](C)(CCC(C)C)C1=O. The monoisotopic (exact) mass is 395 g/mol. The summed E-state index contributed by atoms with van der Waals surface area (Å²) < 4.78 is 5.22. The maximum atomic E-state index is 12.7. The van der Waals surface area contributed by atoms with Crippen LogP contribution in [0.5, 0.6) is 5.75 Å². The number of hydrogen-bond donors (Lipinski definition) is 2. The fourth-order valence-corrected chi connectivity index (χ4v) is 3.05. The van der Waals surface area contributed by atoms with E-state index in [1.165, 1.54) is 7.11 Å². The number of imide groups is 1. The zero-order valence-corrected chi connectivity index (χ0v) is 17.1. The van der Waals surface area contributed by atoms with E-state index < -0.39 is 17.5 Å². The van der Waals surface area contributed by atoms with Crippen molar-refractivity contribution in [3.63, 3.8) is 0 Å². The summed E-state index contributed by atoms with van der Waals surface area (Å²) in [6, 6.07) is 2.72. The summed E-state index contributed by atoms with van der Waals surface area (Å²) in [5.41, 5.74) is 0.221. The number of nitrogens with zero attached hydrogens (tertiary/aromatic N) is 1. The van der Waals surface area contributed by atoms with Crippen molar-refractivity contribution in [1.82, 2.24) is 10.2 Å². The number of nitrogens with one attached hydrogen (secondary N) is 2. The number of halogens is 1. The maximum Gasteiger partial charge on any atom is 0.325 e. The van der Waals surface area contributed by atoms with Gasteiger partial charge in [-0.2, -0.15) is 0 Å². The van der Waals surface area contributed by atoms with E-state index in [-0.39, 0.29) is 12.5 Å². The number of methoxy groups -OCH3 is 1. The Bertz CT molecular complexity index is 766. The van der Waals surface area contributed by atoms with Crippen LogP contribution in [0.15, 0.2) is 12.1 Å². The van der Waals surface area contributed by atoms with Gasteiger partial charge in [-0.05, 0) is 44.2 Å². The number of anilines is 1. The summed E-state index contributed by atoms with van der Waals surface area (Å²) in [7, 11) is 1.47. The topological polar surface area (TPSA) is 87.7 Å². The molecule has 2 rings (SSSR count). The van der Waals surface area contributed by atoms with Crippen LogP contribution in [-0.4, -0.2) is 41.9 Å². The predicted molar refractivity (Wildman–Crippen MR) is 104 cm³/mol. The summed E-state index contributed by atoms with van der Waals surface area (Å²) in [6.45, 7) is 7.23. The van der Waals surface area contributed by atoms with Crippen molar-refractivity contribution in [3.05, 3.63) is 22.7 Å². The lowest BCUT2D eigenvalue weighted by molar-refractivity contribution is -0.133. The number of aryl methyl sites for hydroxylation is 1. The lowest BCUT2D eigenvalue weighted by Crippen LogP contribution is -2.44. The first-order valence-electron chi connectivity index (χ1n) is 8.85. The molecule has 1 aliphatic heterocycles. The molecule has 0 aromatic heterocycles. The Morgan fingerprint density at radius 3 is 2.63 bits per heavy atom. The van der Waals surface area contributed by atoms with Crippen molar-refractivity contribution in [2.75, 3.05) is 19.0 Å². The molecule has 1 heterocycles. The van der Waals surface area contributed by atoms with Gasteiger partial charge in [0.15, 0.2) is 0 Å². The van der Waals surface area contributed by atoms with E-state index in [2.05, 4.69) is 24.5 Å². The summed E-state index contributed by atoms with van der Waals surface area (Å²) in [6.07, 6.45) is 1.32. The number of amides is 4. The first-order chi connectivity index (χ1) is 12.6. The molecule has 8 heteroatoms. The van der Waals surface area contributed by atoms with Crippen LogP contribution in [0.3, 0.4) is 0 Å². The second-order valence-corrected chi connectivity index (χ2v) is 7.84. The molecule has 4 amide bonds. The zero-order valence-electron chi connectivity index (χ0n) is 16.3. The number of hydrogen-bond acceptors (Lipinski definition) is 4. The highest BCUT2D eigenvalue weighted by molar-refractivity contribution is 6.31. The van der Waals surface area contributed by atoms with Gasteiger partial charge in [0.05, 0.1) is 12.8 Å². The molecule has 0 radical (unpaired) electrons. The van der Waals surface area contributed by atoms with Crippen LogP contribution >= 0.6 is 11.6 Å². The zero-order chi connectivity index (χ0) is 20.4. The minimum Gasteiger partial charge on any atom is -0.495 e. The molecule has 2 N–H and O–H groups in total. The number of carbonyl (C=O) groups excluding carboxylic acids is 3. The molecule has 1 atom stereocenters. The van der Waals surface area contributed by atoms with Crippen LogP contribution in [0.25, 0.3) is 0 Å². The van der Waals surface area contributed by atoms with Crippen LogP contribution in [0.1, 0.15) is 39.2 Å². The Hall–Kier alpha value is -2.28. The van der Waals surface area contributed by atoms with E-state index in [4.69, 9.17) is 16.3 Å². The maximum absolute atomic E-state index is 12.7. The molecule has 0 bridgehead atoms. The Morgan fingerprint density at radius 1 is 1.37 bits per heavy atom. The van der Waals surface area contributed by atoms with Gasteiger partial charge in [-0.1, -0.05) is 25.4 Å². The van der Waals surface area contributed by atoms with E-state index in [1.54, 1.807) is 26.0 Å². The fraction of sp³-hybridized carbons (Fsp3) is 0.526. The van der Waals surface area contributed by atoms with Crippen LogP contribution in [0.2, 0.25) is 5.02 Å². The van der Waals surface area contributed by atoms with Gasteiger partial charge in [-0.15, -0.1) is 0 Å². The Balaban J connectivity index is 2.09. The summed E-state index contributed by atoms with van der Waals surface area (Å²) >= 11 is 6.06. The molecule has 1 aliphatic rings. The molecular weight excluding hydrogens is 370 g/mol. The van der Waals surface area contributed by atoms with Gasteiger partial charge < -0.3 is 15.4 Å².